The van der Waals surface area contributed by atoms with Gasteiger partial charge in [-0.1, -0.05) is 23.4 Å². The summed E-state index contributed by atoms with van der Waals surface area (Å²) in [6, 6.07) is 12.0. The highest BCUT2D eigenvalue weighted by atomic mass is 19.4. The molecule has 0 bridgehead atoms. The molecule has 1 fully saturated rings. The monoisotopic (exact) mass is 433 g/mol. The molecule has 162 valence electrons. The van der Waals surface area contributed by atoms with Crippen LogP contribution in [0.1, 0.15) is 11.4 Å². The number of hydrogen-bond acceptors (Lipinski definition) is 7. The van der Waals surface area contributed by atoms with Crippen LogP contribution in [0.25, 0.3) is 11.5 Å². The van der Waals surface area contributed by atoms with Crippen LogP contribution in [0.4, 0.5) is 24.5 Å². The third-order valence-corrected chi connectivity index (χ3v) is 5.07. The summed E-state index contributed by atoms with van der Waals surface area (Å²) >= 11 is 0. The van der Waals surface area contributed by atoms with E-state index in [1.54, 1.807) is 4.90 Å². The van der Waals surface area contributed by atoms with Gasteiger partial charge in [0.1, 0.15) is 5.69 Å². The average molecular weight is 433 g/mol. The normalized spacial score (nSPS) is 15.3. The smallest absolute Gasteiger partial charge is 0.363 e. The van der Waals surface area contributed by atoms with E-state index in [1.807, 2.05) is 30.3 Å². The average Bonchev–Trinajstić information content (AvgIpc) is 3.22. The minimum Gasteiger partial charge on any atom is -0.363 e. The number of aromatic nitrogens is 2. The van der Waals surface area contributed by atoms with E-state index in [-0.39, 0.29) is 5.69 Å². The molecule has 1 aliphatic rings. The molecule has 3 aromatic rings. The zero-order valence-electron chi connectivity index (χ0n) is 16.2. The van der Waals surface area contributed by atoms with Crippen LogP contribution in [0.2, 0.25) is 0 Å². The number of anilines is 1. The van der Waals surface area contributed by atoms with Gasteiger partial charge >= 0.3 is 6.18 Å². The van der Waals surface area contributed by atoms with Crippen LogP contribution in [-0.4, -0.2) is 46.1 Å². The first-order valence-corrected chi connectivity index (χ1v) is 9.52. The third kappa shape index (κ3) is 4.66. The summed E-state index contributed by atoms with van der Waals surface area (Å²) in [5.74, 6) is 0.947. The fraction of sp³-hybridized carbons (Fsp3) is 0.300. The van der Waals surface area contributed by atoms with Crippen molar-refractivity contribution in [3.8, 4) is 11.5 Å². The number of nitro groups is 1. The Kier molecular flexibility index (Phi) is 5.59. The molecule has 1 saturated heterocycles. The van der Waals surface area contributed by atoms with E-state index in [1.165, 1.54) is 6.07 Å². The van der Waals surface area contributed by atoms with Gasteiger partial charge in [0.25, 0.3) is 11.6 Å². The summed E-state index contributed by atoms with van der Waals surface area (Å²) in [6.45, 7) is 2.39. The molecule has 31 heavy (non-hydrogen) atoms. The van der Waals surface area contributed by atoms with Gasteiger partial charge in [-0.25, -0.2) is 0 Å². The molecule has 2 aromatic carbocycles. The number of rotatable bonds is 5. The van der Waals surface area contributed by atoms with E-state index in [9.17, 15) is 23.3 Å². The first-order valence-electron chi connectivity index (χ1n) is 9.52. The van der Waals surface area contributed by atoms with E-state index in [0.29, 0.717) is 50.5 Å². The summed E-state index contributed by atoms with van der Waals surface area (Å²) in [7, 11) is 0. The van der Waals surface area contributed by atoms with Gasteiger partial charge in [0, 0.05) is 37.8 Å². The van der Waals surface area contributed by atoms with E-state index < -0.39 is 22.4 Å². The number of nitrogens with zero attached hydrogens (tertiary/aromatic N) is 5. The Morgan fingerprint density at radius 3 is 2.42 bits per heavy atom. The lowest BCUT2D eigenvalue weighted by molar-refractivity contribution is -0.384. The molecular weight excluding hydrogens is 415 g/mol. The van der Waals surface area contributed by atoms with Crippen molar-refractivity contribution in [3.63, 3.8) is 0 Å². The van der Waals surface area contributed by atoms with Crippen LogP contribution < -0.4 is 4.90 Å². The second kappa shape index (κ2) is 8.34. The molecule has 0 amide bonds. The maximum absolute atomic E-state index is 12.9. The standard InChI is InChI=1S/C20H18F3N5O3/c21-20(22,23)15-6-7-16(17(12-15)28(29)30)27-10-8-26(9-11-27)13-18-24-19(31-25-18)14-4-2-1-3-5-14/h1-7,12H,8-11,13H2. The summed E-state index contributed by atoms with van der Waals surface area (Å²) in [5.41, 5.74) is -0.578. The Bertz CT molecular complexity index is 1060. The van der Waals surface area contributed by atoms with Crippen molar-refractivity contribution in [2.24, 2.45) is 0 Å². The van der Waals surface area contributed by atoms with Gasteiger partial charge in [-0.05, 0) is 24.3 Å². The molecule has 11 heteroatoms. The van der Waals surface area contributed by atoms with Crippen LogP contribution in [0.15, 0.2) is 53.1 Å². The Balaban J connectivity index is 1.41. The number of benzene rings is 2. The van der Waals surface area contributed by atoms with Crippen molar-refractivity contribution in [1.82, 2.24) is 15.0 Å². The van der Waals surface area contributed by atoms with Gasteiger partial charge in [-0.3, -0.25) is 15.0 Å². The third-order valence-electron chi connectivity index (χ3n) is 5.07. The number of halogens is 3. The van der Waals surface area contributed by atoms with Crippen LogP contribution in [0, 0.1) is 10.1 Å². The summed E-state index contributed by atoms with van der Waals surface area (Å²) in [6.07, 6.45) is -4.63. The molecule has 4 rings (SSSR count). The highest BCUT2D eigenvalue weighted by molar-refractivity contribution is 5.65. The number of alkyl halides is 3. The van der Waals surface area contributed by atoms with Crippen LogP contribution in [-0.2, 0) is 12.7 Å². The molecule has 0 unspecified atom stereocenters. The minimum atomic E-state index is -4.63. The van der Waals surface area contributed by atoms with Gasteiger partial charge in [0.2, 0.25) is 0 Å². The Morgan fingerprint density at radius 2 is 1.77 bits per heavy atom. The molecule has 0 radical (unpaired) electrons. The second-order valence-electron chi connectivity index (χ2n) is 7.10. The first kappa shape index (κ1) is 20.8. The lowest BCUT2D eigenvalue weighted by Crippen LogP contribution is -2.46. The van der Waals surface area contributed by atoms with Crippen LogP contribution in [0.5, 0.6) is 0 Å². The molecule has 0 atom stereocenters. The Hall–Kier alpha value is -3.47. The van der Waals surface area contributed by atoms with Gasteiger partial charge < -0.3 is 9.42 Å². The van der Waals surface area contributed by atoms with E-state index >= 15 is 0 Å². The minimum absolute atomic E-state index is 0.184. The second-order valence-corrected chi connectivity index (χ2v) is 7.10. The highest BCUT2D eigenvalue weighted by Crippen LogP contribution is 2.36. The fourth-order valence-electron chi connectivity index (χ4n) is 3.48. The predicted molar refractivity (Wildman–Crippen MR) is 105 cm³/mol. The molecule has 1 aliphatic heterocycles. The zero-order chi connectivity index (χ0) is 22.0. The molecule has 0 N–H and O–H groups in total. The lowest BCUT2D eigenvalue weighted by Gasteiger charge is -2.35. The van der Waals surface area contributed by atoms with Crippen molar-refractivity contribution < 1.29 is 22.6 Å². The van der Waals surface area contributed by atoms with Crippen molar-refractivity contribution in [2.45, 2.75) is 12.7 Å². The van der Waals surface area contributed by atoms with Gasteiger partial charge in [0.15, 0.2) is 5.82 Å². The van der Waals surface area contributed by atoms with Gasteiger partial charge in [-0.2, -0.15) is 18.2 Å². The molecular formula is C20H18F3N5O3. The van der Waals surface area contributed by atoms with Crippen LogP contribution >= 0.6 is 0 Å². The van der Waals surface area contributed by atoms with Crippen molar-refractivity contribution in [3.05, 3.63) is 70.0 Å². The van der Waals surface area contributed by atoms with Crippen LogP contribution in [0.3, 0.4) is 0 Å². The summed E-state index contributed by atoms with van der Waals surface area (Å²) in [5, 5.41) is 15.3. The van der Waals surface area contributed by atoms with E-state index in [2.05, 4.69) is 15.0 Å². The molecule has 0 saturated carbocycles. The van der Waals surface area contributed by atoms with Crippen molar-refractivity contribution in [1.29, 1.82) is 0 Å². The summed E-state index contributed by atoms with van der Waals surface area (Å²) in [4.78, 5) is 18.7. The molecule has 0 aliphatic carbocycles. The Labute approximate surface area is 175 Å². The molecule has 2 heterocycles. The van der Waals surface area contributed by atoms with E-state index in [4.69, 9.17) is 4.52 Å². The maximum atomic E-state index is 12.9. The first-order chi connectivity index (χ1) is 14.8. The van der Waals surface area contributed by atoms with Crippen molar-refractivity contribution >= 4 is 11.4 Å². The molecule has 1 aromatic heterocycles. The maximum Gasteiger partial charge on any atom is 0.416 e. The zero-order valence-corrected chi connectivity index (χ0v) is 16.2. The number of piperazine rings is 1. The molecule has 8 nitrogen and oxygen atoms in total. The topological polar surface area (TPSA) is 88.5 Å². The van der Waals surface area contributed by atoms with Crippen molar-refractivity contribution in [2.75, 3.05) is 31.1 Å². The van der Waals surface area contributed by atoms with E-state index in [0.717, 1.165) is 11.6 Å². The molecule has 0 spiro atoms. The van der Waals surface area contributed by atoms with Gasteiger partial charge in [0.05, 0.1) is 17.0 Å². The predicted octanol–water partition coefficient (Wildman–Crippen LogP) is 3.99. The highest BCUT2D eigenvalue weighted by Gasteiger charge is 2.34. The van der Waals surface area contributed by atoms with Gasteiger partial charge in [-0.15, -0.1) is 0 Å². The number of hydrogen-bond donors (Lipinski definition) is 0. The quantitative estimate of drug-likeness (QED) is 0.444. The lowest BCUT2D eigenvalue weighted by atomic mass is 10.1. The SMILES string of the molecule is O=[N+]([O-])c1cc(C(F)(F)F)ccc1N1CCN(Cc2noc(-c3ccccc3)n2)CC1. The summed E-state index contributed by atoms with van der Waals surface area (Å²) < 4.78 is 44.0. The number of nitro benzene ring substituents is 1. The fourth-order valence-corrected chi connectivity index (χ4v) is 3.48. The Morgan fingerprint density at radius 1 is 1.06 bits per heavy atom. The largest absolute Gasteiger partial charge is 0.416 e.